The van der Waals surface area contributed by atoms with Gasteiger partial charge >= 0.3 is 0 Å². The average molecular weight is 221 g/mol. The van der Waals surface area contributed by atoms with Gasteiger partial charge in [0.05, 0.1) is 0 Å². The van der Waals surface area contributed by atoms with Crippen LogP contribution in [0.1, 0.15) is 5.56 Å². The van der Waals surface area contributed by atoms with Gasteiger partial charge in [-0.3, -0.25) is 0 Å². The lowest BCUT2D eigenvalue weighted by molar-refractivity contribution is 0.461. The van der Waals surface area contributed by atoms with E-state index in [1.165, 1.54) is 11.9 Å². The molecule has 0 unspecified atom stereocenters. The van der Waals surface area contributed by atoms with Crippen molar-refractivity contribution in [2.45, 2.75) is 6.92 Å². The number of rotatable bonds is 2. The number of halogens is 1. The summed E-state index contributed by atoms with van der Waals surface area (Å²) in [5.41, 5.74) is 1.18. The Morgan fingerprint density at radius 3 is 2.53 bits per heavy atom. The van der Waals surface area contributed by atoms with E-state index < -0.39 is 0 Å². The number of hydrogen-bond acceptors (Lipinski definition) is 3. The van der Waals surface area contributed by atoms with Gasteiger partial charge in [-0.05, 0) is 19.1 Å². The first-order chi connectivity index (χ1) is 7.24. The molecular formula is C11H9ClN2O. The van der Waals surface area contributed by atoms with Crippen molar-refractivity contribution in [3.8, 4) is 11.6 Å². The average Bonchev–Trinajstić information content (AvgIpc) is 2.22. The van der Waals surface area contributed by atoms with E-state index >= 15 is 0 Å². The first-order valence-electron chi connectivity index (χ1n) is 4.46. The predicted molar refractivity (Wildman–Crippen MR) is 58.3 cm³/mol. The van der Waals surface area contributed by atoms with Gasteiger partial charge in [-0.15, -0.1) is 0 Å². The first kappa shape index (κ1) is 9.93. The second-order valence-electron chi connectivity index (χ2n) is 3.09. The van der Waals surface area contributed by atoms with Gasteiger partial charge in [0.15, 0.2) is 0 Å². The van der Waals surface area contributed by atoms with Gasteiger partial charge < -0.3 is 4.74 Å². The minimum atomic E-state index is 0.368. The number of benzene rings is 1. The molecule has 0 aliphatic heterocycles. The van der Waals surface area contributed by atoms with Crippen molar-refractivity contribution in [2.24, 2.45) is 0 Å². The molecule has 0 fully saturated rings. The molecule has 1 heterocycles. The number of hydrogen-bond donors (Lipinski definition) is 0. The van der Waals surface area contributed by atoms with E-state index in [1.54, 1.807) is 6.07 Å². The molecule has 1 aromatic carbocycles. The van der Waals surface area contributed by atoms with Crippen molar-refractivity contribution >= 4 is 11.6 Å². The van der Waals surface area contributed by atoms with Gasteiger partial charge in [-0.25, -0.2) is 9.97 Å². The molecule has 0 bridgehead atoms. The third-order valence-electron chi connectivity index (χ3n) is 1.85. The molecular weight excluding hydrogens is 212 g/mol. The molecule has 76 valence electrons. The molecule has 0 saturated heterocycles. The van der Waals surface area contributed by atoms with Gasteiger partial charge in [0.25, 0.3) is 0 Å². The Labute approximate surface area is 92.7 Å². The Hall–Kier alpha value is -1.61. The zero-order chi connectivity index (χ0) is 10.7. The fraction of sp³-hybridized carbons (Fsp3) is 0.0909. The molecule has 0 aliphatic carbocycles. The van der Waals surface area contributed by atoms with Crippen LogP contribution in [-0.2, 0) is 0 Å². The maximum atomic E-state index is 5.71. The van der Waals surface area contributed by atoms with E-state index in [0.29, 0.717) is 11.0 Å². The number of aromatic nitrogens is 2. The highest BCUT2D eigenvalue weighted by atomic mass is 35.5. The largest absolute Gasteiger partial charge is 0.439 e. The zero-order valence-corrected chi connectivity index (χ0v) is 8.90. The summed E-state index contributed by atoms with van der Waals surface area (Å²) in [6, 6.07) is 9.27. The highest BCUT2D eigenvalue weighted by molar-refractivity contribution is 6.29. The number of nitrogens with zero attached hydrogens (tertiary/aromatic N) is 2. The Morgan fingerprint density at radius 1 is 1.13 bits per heavy atom. The summed E-state index contributed by atoms with van der Waals surface area (Å²) in [6.45, 7) is 2.02. The number of aryl methyl sites for hydroxylation is 1. The third kappa shape index (κ3) is 2.67. The minimum Gasteiger partial charge on any atom is -0.439 e. The van der Waals surface area contributed by atoms with Crippen LogP contribution in [0.5, 0.6) is 11.6 Å². The summed E-state index contributed by atoms with van der Waals surface area (Å²) < 4.78 is 5.48. The van der Waals surface area contributed by atoms with Crippen molar-refractivity contribution in [1.29, 1.82) is 0 Å². The molecule has 15 heavy (non-hydrogen) atoms. The Bertz CT molecular complexity index is 456. The van der Waals surface area contributed by atoms with Crippen molar-refractivity contribution in [1.82, 2.24) is 9.97 Å². The summed E-state index contributed by atoms with van der Waals surface area (Å²) in [5.74, 6) is 1.18. The van der Waals surface area contributed by atoms with Crippen molar-refractivity contribution < 1.29 is 4.74 Å². The Morgan fingerprint density at radius 2 is 1.87 bits per heavy atom. The first-order valence-corrected chi connectivity index (χ1v) is 4.84. The molecule has 0 spiro atoms. The predicted octanol–water partition coefficient (Wildman–Crippen LogP) is 3.23. The van der Waals surface area contributed by atoms with E-state index in [0.717, 1.165) is 5.75 Å². The quantitative estimate of drug-likeness (QED) is 0.729. The lowest BCUT2D eigenvalue weighted by atomic mass is 10.2. The van der Waals surface area contributed by atoms with Gasteiger partial charge in [-0.1, -0.05) is 29.3 Å². The van der Waals surface area contributed by atoms with Crippen LogP contribution < -0.4 is 4.74 Å². The maximum absolute atomic E-state index is 5.71. The molecule has 0 amide bonds. The molecule has 0 N–H and O–H groups in total. The topological polar surface area (TPSA) is 35.0 Å². The molecule has 4 heteroatoms. The van der Waals surface area contributed by atoms with Crippen molar-refractivity contribution in [3.63, 3.8) is 0 Å². The molecule has 0 saturated carbocycles. The molecule has 2 aromatic rings. The fourth-order valence-electron chi connectivity index (χ4n) is 1.10. The normalized spacial score (nSPS) is 10.0. The van der Waals surface area contributed by atoms with Crippen LogP contribution in [0.4, 0.5) is 0 Å². The molecule has 3 nitrogen and oxygen atoms in total. The van der Waals surface area contributed by atoms with Crippen LogP contribution in [0.15, 0.2) is 36.7 Å². The molecule has 0 aliphatic rings. The molecule has 0 radical (unpaired) electrons. The summed E-state index contributed by atoms with van der Waals surface area (Å²) >= 11 is 5.71. The fourth-order valence-corrected chi connectivity index (χ4v) is 1.24. The highest BCUT2D eigenvalue weighted by Crippen LogP contribution is 2.20. The maximum Gasteiger partial charge on any atom is 0.223 e. The zero-order valence-electron chi connectivity index (χ0n) is 8.14. The Kier molecular flexibility index (Phi) is 2.83. The van der Waals surface area contributed by atoms with Crippen LogP contribution in [0.3, 0.4) is 0 Å². The van der Waals surface area contributed by atoms with Crippen LogP contribution in [0.2, 0.25) is 5.15 Å². The second kappa shape index (κ2) is 4.28. The SMILES string of the molecule is Cc1ccc(Oc2cc(Cl)ncn2)cc1. The van der Waals surface area contributed by atoms with E-state index in [2.05, 4.69) is 9.97 Å². The number of ether oxygens (including phenoxy) is 1. The van der Waals surface area contributed by atoms with Crippen molar-refractivity contribution in [3.05, 3.63) is 47.4 Å². The Balaban J connectivity index is 2.18. The molecule has 2 rings (SSSR count). The monoisotopic (exact) mass is 220 g/mol. The van der Waals surface area contributed by atoms with Gasteiger partial charge in [0, 0.05) is 6.07 Å². The summed E-state index contributed by atoms with van der Waals surface area (Å²) in [5, 5.41) is 0.368. The second-order valence-corrected chi connectivity index (χ2v) is 3.48. The van der Waals surface area contributed by atoms with E-state index in [9.17, 15) is 0 Å². The standard InChI is InChI=1S/C11H9ClN2O/c1-8-2-4-9(5-3-8)15-11-6-10(12)13-7-14-11/h2-7H,1H3. The van der Waals surface area contributed by atoms with Gasteiger partial charge in [0.2, 0.25) is 5.88 Å². The molecule has 0 atom stereocenters. The molecule has 1 aromatic heterocycles. The van der Waals surface area contributed by atoms with Crippen LogP contribution in [-0.4, -0.2) is 9.97 Å². The summed E-state index contributed by atoms with van der Waals surface area (Å²) in [7, 11) is 0. The van der Waals surface area contributed by atoms with Gasteiger partial charge in [-0.2, -0.15) is 0 Å². The summed E-state index contributed by atoms with van der Waals surface area (Å²) in [6.07, 6.45) is 1.37. The summed E-state index contributed by atoms with van der Waals surface area (Å²) in [4.78, 5) is 7.71. The van der Waals surface area contributed by atoms with E-state index in [4.69, 9.17) is 16.3 Å². The third-order valence-corrected chi connectivity index (χ3v) is 2.06. The lowest BCUT2D eigenvalue weighted by Gasteiger charge is -2.04. The van der Waals surface area contributed by atoms with Crippen molar-refractivity contribution in [2.75, 3.05) is 0 Å². The van der Waals surface area contributed by atoms with E-state index in [-0.39, 0.29) is 0 Å². The van der Waals surface area contributed by atoms with Crippen LogP contribution in [0.25, 0.3) is 0 Å². The van der Waals surface area contributed by atoms with Crippen LogP contribution in [0, 0.1) is 6.92 Å². The van der Waals surface area contributed by atoms with Crippen LogP contribution >= 0.6 is 11.6 Å². The minimum absolute atomic E-state index is 0.368. The van der Waals surface area contributed by atoms with E-state index in [1.807, 2.05) is 31.2 Å². The highest BCUT2D eigenvalue weighted by Gasteiger charge is 1.99. The smallest absolute Gasteiger partial charge is 0.223 e. The lowest BCUT2D eigenvalue weighted by Crippen LogP contribution is -1.88. The van der Waals surface area contributed by atoms with Gasteiger partial charge in [0.1, 0.15) is 17.2 Å².